The molecule has 0 heterocycles. The number of benzene rings is 2. The molecule has 170 valence electrons. The lowest BCUT2D eigenvalue weighted by molar-refractivity contribution is -0.336. The van der Waals surface area contributed by atoms with Gasteiger partial charge in [-0.2, -0.15) is 8.78 Å². The zero-order valence-corrected chi connectivity index (χ0v) is 17.5. The number of hydrogen-bond acceptors (Lipinski definition) is 6. The van der Waals surface area contributed by atoms with Gasteiger partial charge >= 0.3 is 17.9 Å². The fourth-order valence-corrected chi connectivity index (χ4v) is 3.69. The Labute approximate surface area is 184 Å². The van der Waals surface area contributed by atoms with Crippen LogP contribution in [0.25, 0.3) is 0 Å². The van der Waals surface area contributed by atoms with E-state index in [-0.39, 0.29) is 16.7 Å². The van der Waals surface area contributed by atoms with Gasteiger partial charge in [-0.15, -0.1) is 0 Å². The van der Waals surface area contributed by atoms with E-state index in [1.165, 1.54) is 48.5 Å². The fourth-order valence-electron chi connectivity index (χ4n) is 3.69. The van der Waals surface area contributed by atoms with Crippen molar-refractivity contribution >= 4 is 17.9 Å². The molecule has 3 rings (SSSR count). The second-order valence-corrected chi connectivity index (χ2v) is 8.08. The predicted molar refractivity (Wildman–Crippen MR) is 108 cm³/mol. The molecule has 0 bridgehead atoms. The number of hydrogen-bond donors (Lipinski definition) is 0. The summed E-state index contributed by atoms with van der Waals surface area (Å²) < 4.78 is 38.9. The van der Waals surface area contributed by atoms with E-state index in [2.05, 4.69) is 0 Å². The molecule has 6 nitrogen and oxygen atoms in total. The van der Waals surface area contributed by atoms with E-state index in [0.29, 0.717) is 0 Å². The molecule has 1 aliphatic carbocycles. The number of aliphatic carboxylic acids is 1. The van der Waals surface area contributed by atoms with Gasteiger partial charge in [0.15, 0.2) is 6.10 Å². The Balaban J connectivity index is 1.74. The maximum Gasteiger partial charge on any atom is 0.338 e. The van der Waals surface area contributed by atoms with Crippen molar-refractivity contribution in [3.63, 3.8) is 0 Å². The molecule has 1 saturated carbocycles. The van der Waals surface area contributed by atoms with Gasteiger partial charge in [0.1, 0.15) is 11.6 Å². The van der Waals surface area contributed by atoms with E-state index < -0.39 is 35.5 Å². The number of carboxylic acid groups (broad SMARTS) is 1. The number of carbonyl (C=O) groups is 3. The van der Waals surface area contributed by atoms with Crippen LogP contribution in [0.3, 0.4) is 0 Å². The summed E-state index contributed by atoms with van der Waals surface area (Å²) in [6, 6.07) is 12.0. The summed E-state index contributed by atoms with van der Waals surface area (Å²) in [7, 11) is 0. The van der Waals surface area contributed by atoms with Gasteiger partial charge in [0.05, 0.1) is 11.1 Å². The van der Waals surface area contributed by atoms with Gasteiger partial charge in [0, 0.05) is 0 Å². The van der Waals surface area contributed by atoms with Crippen LogP contribution in [0.1, 0.15) is 71.4 Å². The Morgan fingerprint density at radius 1 is 0.906 bits per heavy atom. The average molecular weight is 445 g/mol. The van der Waals surface area contributed by atoms with Crippen LogP contribution in [0.15, 0.2) is 54.6 Å². The van der Waals surface area contributed by atoms with Gasteiger partial charge in [0.25, 0.3) is 0 Å². The summed E-state index contributed by atoms with van der Waals surface area (Å²) in [5, 5.41) is 11.0. The monoisotopic (exact) mass is 445 g/mol. The third-order valence-electron chi connectivity index (χ3n) is 5.54. The molecule has 0 N–H and O–H groups in total. The number of halogens is 2. The topological polar surface area (TPSA) is 92.7 Å². The van der Waals surface area contributed by atoms with Crippen LogP contribution in [-0.4, -0.2) is 29.4 Å². The van der Waals surface area contributed by atoms with Crippen LogP contribution in [0.2, 0.25) is 0 Å². The van der Waals surface area contributed by atoms with Gasteiger partial charge in [0.2, 0.25) is 0 Å². The fraction of sp³-hybridized carbons (Fsp3) is 0.375. The smallest absolute Gasteiger partial charge is 0.338 e. The molecule has 1 atom stereocenters. The summed E-state index contributed by atoms with van der Waals surface area (Å²) in [5.74, 6) is -8.82. The summed E-state index contributed by atoms with van der Waals surface area (Å²) in [6.45, 7) is 1.89. The van der Waals surface area contributed by atoms with Gasteiger partial charge < -0.3 is 19.4 Å². The highest BCUT2D eigenvalue weighted by Gasteiger charge is 2.45. The van der Waals surface area contributed by atoms with E-state index in [9.17, 15) is 28.3 Å². The van der Waals surface area contributed by atoms with E-state index in [1.54, 1.807) is 6.07 Å². The second-order valence-electron chi connectivity index (χ2n) is 8.08. The van der Waals surface area contributed by atoms with Crippen molar-refractivity contribution in [2.45, 2.75) is 56.7 Å². The lowest BCUT2D eigenvalue weighted by Gasteiger charge is -2.33. The minimum absolute atomic E-state index is 0.125. The Hall–Kier alpha value is -3.29. The van der Waals surface area contributed by atoms with Gasteiger partial charge in [-0.1, -0.05) is 36.8 Å². The van der Waals surface area contributed by atoms with Crippen molar-refractivity contribution in [1.29, 1.82) is 0 Å². The molecule has 1 aliphatic rings. The molecular formula is C24H23F2O6-. The quantitative estimate of drug-likeness (QED) is 0.601. The standard InChI is InChI=1S/C24H24F2O6/c1-23(14-6-3-7-15-23)32-21(28)18-12-10-17(11-13-18)20(27)31-19(24(25,26)22(29)30)16-8-4-2-5-9-16/h2,4-5,8-13,19H,3,6-7,14-15H2,1H3,(H,29,30)/p-1. The van der Waals surface area contributed by atoms with E-state index in [0.717, 1.165) is 32.1 Å². The first kappa shape index (κ1) is 23.4. The molecule has 0 amide bonds. The first-order chi connectivity index (χ1) is 15.1. The summed E-state index contributed by atoms with van der Waals surface area (Å²) in [6.07, 6.45) is 2.23. The van der Waals surface area contributed by atoms with E-state index in [4.69, 9.17) is 9.47 Å². The molecule has 0 spiro atoms. The summed E-state index contributed by atoms with van der Waals surface area (Å²) in [5.41, 5.74) is -0.656. The molecule has 0 saturated heterocycles. The maximum atomic E-state index is 14.2. The zero-order chi connectivity index (χ0) is 23.4. The molecule has 2 aromatic carbocycles. The molecule has 32 heavy (non-hydrogen) atoms. The predicted octanol–water partition coefficient (Wildman–Crippen LogP) is 3.85. The molecule has 1 unspecified atom stereocenters. The maximum absolute atomic E-state index is 14.2. The minimum atomic E-state index is -4.45. The number of ether oxygens (including phenoxy) is 2. The molecule has 0 aliphatic heterocycles. The normalized spacial score (nSPS) is 16.6. The molecular weight excluding hydrogens is 422 g/mol. The van der Waals surface area contributed by atoms with E-state index in [1.807, 2.05) is 6.92 Å². The SMILES string of the molecule is CC1(OC(=O)c2ccc(C(=O)OC(c3ccccc3)C(F)(F)C(=O)[O-])cc2)CCCCC1. The Bertz CT molecular complexity index is 966. The average Bonchev–Trinajstić information content (AvgIpc) is 2.78. The van der Waals surface area contributed by atoms with Gasteiger partial charge in [-0.3, -0.25) is 0 Å². The van der Waals surface area contributed by atoms with Crippen molar-refractivity contribution in [2.75, 3.05) is 0 Å². The molecule has 0 radical (unpaired) electrons. The van der Waals surface area contributed by atoms with Crippen LogP contribution >= 0.6 is 0 Å². The Morgan fingerprint density at radius 2 is 1.44 bits per heavy atom. The van der Waals surface area contributed by atoms with Crippen LogP contribution in [0, 0.1) is 0 Å². The molecule has 8 heteroatoms. The van der Waals surface area contributed by atoms with Crippen molar-refractivity contribution in [3.05, 3.63) is 71.3 Å². The van der Waals surface area contributed by atoms with Crippen LogP contribution in [0.5, 0.6) is 0 Å². The second kappa shape index (κ2) is 9.46. The number of esters is 2. The van der Waals surface area contributed by atoms with Crippen LogP contribution in [-0.2, 0) is 14.3 Å². The number of alkyl halides is 2. The lowest BCUT2D eigenvalue weighted by Crippen LogP contribution is -2.47. The van der Waals surface area contributed by atoms with Crippen molar-refractivity contribution in [1.82, 2.24) is 0 Å². The largest absolute Gasteiger partial charge is 0.544 e. The first-order valence-corrected chi connectivity index (χ1v) is 10.3. The van der Waals surface area contributed by atoms with E-state index >= 15 is 0 Å². The highest BCUT2D eigenvalue weighted by atomic mass is 19.3. The summed E-state index contributed by atoms with van der Waals surface area (Å²) in [4.78, 5) is 35.9. The lowest BCUT2D eigenvalue weighted by atomic mass is 9.86. The third-order valence-corrected chi connectivity index (χ3v) is 5.54. The number of carbonyl (C=O) groups excluding carboxylic acids is 3. The molecule has 2 aromatic rings. The Kier molecular flexibility index (Phi) is 6.91. The summed E-state index contributed by atoms with van der Waals surface area (Å²) >= 11 is 0. The van der Waals surface area contributed by atoms with Crippen molar-refractivity contribution in [3.8, 4) is 0 Å². The number of rotatable bonds is 7. The Morgan fingerprint density at radius 3 is 1.97 bits per heavy atom. The molecule has 0 aromatic heterocycles. The minimum Gasteiger partial charge on any atom is -0.544 e. The van der Waals surface area contributed by atoms with Crippen molar-refractivity contribution < 1.29 is 37.7 Å². The zero-order valence-electron chi connectivity index (χ0n) is 17.5. The van der Waals surface area contributed by atoms with Crippen LogP contribution < -0.4 is 5.11 Å². The highest BCUT2D eigenvalue weighted by Crippen LogP contribution is 2.35. The highest BCUT2D eigenvalue weighted by molar-refractivity contribution is 5.93. The first-order valence-electron chi connectivity index (χ1n) is 10.3. The van der Waals surface area contributed by atoms with Gasteiger partial charge in [-0.25, -0.2) is 9.59 Å². The van der Waals surface area contributed by atoms with Gasteiger partial charge in [-0.05, 0) is 62.4 Å². The van der Waals surface area contributed by atoms with Crippen molar-refractivity contribution in [2.24, 2.45) is 0 Å². The third kappa shape index (κ3) is 5.30. The van der Waals surface area contributed by atoms with Crippen LogP contribution in [0.4, 0.5) is 8.78 Å². The number of carboxylic acids is 1. The molecule has 1 fully saturated rings.